The van der Waals surface area contributed by atoms with Gasteiger partial charge in [0.15, 0.2) is 5.75 Å². The van der Waals surface area contributed by atoms with E-state index < -0.39 is 23.5 Å². The molecule has 170 valence electrons. The van der Waals surface area contributed by atoms with Crippen LogP contribution in [0.25, 0.3) is 5.76 Å². The first-order chi connectivity index (χ1) is 15.8. The summed E-state index contributed by atoms with van der Waals surface area (Å²) in [6.45, 7) is 0.0369. The van der Waals surface area contributed by atoms with Crippen molar-refractivity contribution in [1.82, 2.24) is 4.90 Å². The summed E-state index contributed by atoms with van der Waals surface area (Å²) < 4.78 is 15.7. The van der Waals surface area contributed by atoms with Crippen molar-refractivity contribution in [3.63, 3.8) is 0 Å². The number of amides is 1. The van der Waals surface area contributed by atoms with Crippen molar-refractivity contribution in [2.75, 3.05) is 14.2 Å². The lowest BCUT2D eigenvalue weighted by Gasteiger charge is -2.24. The zero-order chi connectivity index (χ0) is 23.7. The number of benzene rings is 2. The van der Waals surface area contributed by atoms with E-state index in [1.54, 1.807) is 36.4 Å². The molecule has 1 amide bonds. The van der Waals surface area contributed by atoms with E-state index in [-0.39, 0.29) is 33.5 Å². The third-order valence-electron chi connectivity index (χ3n) is 5.35. The molecule has 1 unspecified atom stereocenters. The van der Waals surface area contributed by atoms with Crippen LogP contribution in [0.1, 0.15) is 22.9 Å². The normalized spacial score (nSPS) is 17.5. The fourth-order valence-electron chi connectivity index (χ4n) is 3.79. The molecule has 0 aliphatic carbocycles. The Balaban J connectivity index is 1.88. The fourth-order valence-corrected chi connectivity index (χ4v) is 4.43. The highest BCUT2D eigenvalue weighted by molar-refractivity contribution is 6.46. The number of ketones is 1. The summed E-state index contributed by atoms with van der Waals surface area (Å²) in [4.78, 5) is 27.5. The zero-order valence-corrected chi connectivity index (χ0v) is 19.2. The third kappa shape index (κ3) is 4.17. The minimum Gasteiger partial charge on any atom is -0.507 e. The van der Waals surface area contributed by atoms with E-state index in [0.29, 0.717) is 17.1 Å². The number of methoxy groups -OCH3 is 2. The molecule has 1 atom stereocenters. The lowest BCUT2D eigenvalue weighted by atomic mass is 9.95. The number of hydrogen-bond acceptors (Lipinski definition) is 6. The van der Waals surface area contributed by atoms with Gasteiger partial charge in [0.05, 0.1) is 48.7 Å². The monoisotopic (exact) mass is 487 g/mol. The maximum atomic E-state index is 13.1. The van der Waals surface area contributed by atoms with E-state index in [1.165, 1.54) is 37.5 Å². The second-order valence-corrected chi connectivity index (χ2v) is 8.07. The van der Waals surface area contributed by atoms with Crippen molar-refractivity contribution in [1.29, 1.82) is 0 Å². The average Bonchev–Trinajstić information content (AvgIpc) is 3.41. The van der Waals surface area contributed by atoms with Crippen LogP contribution in [0.2, 0.25) is 10.0 Å². The molecule has 3 aromatic rings. The molecule has 0 radical (unpaired) electrons. The Bertz CT molecular complexity index is 1210. The van der Waals surface area contributed by atoms with Crippen molar-refractivity contribution < 1.29 is 28.6 Å². The first-order valence-corrected chi connectivity index (χ1v) is 10.6. The van der Waals surface area contributed by atoms with Crippen LogP contribution in [0, 0.1) is 0 Å². The molecular weight excluding hydrogens is 469 g/mol. The molecule has 1 saturated heterocycles. The van der Waals surface area contributed by atoms with Crippen LogP contribution in [0.3, 0.4) is 0 Å². The first-order valence-electron chi connectivity index (χ1n) is 9.83. The van der Waals surface area contributed by atoms with Crippen molar-refractivity contribution in [3.8, 4) is 11.5 Å². The molecule has 1 aliphatic rings. The molecule has 9 heteroatoms. The second kappa shape index (κ2) is 9.21. The van der Waals surface area contributed by atoms with Gasteiger partial charge in [0.2, 0.25) is 0 Å². The van der Waals surface area contributed by atoms with E-state index in [2.05, 4.69) is 0 Å². The molecule has 4 rings (SSSR count). The molecule has 7 nitrogen and oxygen atoms in total. The number of carbonyl (C=O) groups excluding carboxylic acids is 2. The maximum absolute atomic E-state index is 13.1. The molecule has 1 aromatic heterocycles. The van der Waals surface area contributed by atoms with Crippen molar-refractivity contribution in [3.05, 3.63) is 87.3 Å². The van der Waals surface area contributed by atoms with E-state index >= 15 is 0 Å². The van der Waals surface area contributed by atoms with Gasteiger partial charge in [-0.15, -0.1) is 0 Å². The van der Waals surface area contributed by atoms with Gasteiger partial charge in [0, 0.05) is 5.56 Å². The molecule has 1 fully saturated rings. The Morgan fingerprint density at radius 1 is 1.06 bits per heavy atom. The number of halogens is 2. The summed E-state index contributed by atoms with van der Waals surface area (Å²) in [6, 6.07) is 12.2. The van der Waals surface area contributed by atoms with E-state index in [1.807, 2.05) is 0 Å². The van der Waals surface area contributed by atoms with Gasteiger partial charge in [0.25, 0.3) is 11.7 Å². The Labute approximate surface area is 199 Å². The molecule has 0 bridgehead atoms. The third-order valence-corrected chi connectivity index (χ3v) is 5.92. The molecule has 1 aliphatic heterocycles. The van der Waals surface area contributed by atoms with Crippen LogP contribution < -0.4 is 9.47 Å². The van der Waals surface area contributed by atoms with Gasteiger partial charge in [-0.25, -0.2) is 0 Å². The number of aliphatic hydroxyl groups is 1. The topological polar surface area (TPSA) is 89.2 Å². The number of furan rings is 1. The Morgan fingerprint density at radius 2 is 1.73 bits per heavy atom. The number of ether oxygens (including phenoxy) is 2. The second-order valence-electron chi connectivity index (χ2n) is 7.25. The van der Waals surface area contributed by atoms with Crippen LogP contribution in [0.5, 0.6) is 11.5 Å². The van der Waals surface area contributed by atoms with Gasteiger partial charge in [-0.05, 0) is 42.0 Å². The van der Waals surface area contributed by atoms with Crippen LogP contribution in [0.4, 0.5) is 0 Å². The number of hydrogen-bond donors (Lipinski definition) is 1. The minimum atomic E-state index is -0.874. The van der Waals surface area contributed by atoms with E-state index in [9.17, 15) is 14.7 Å². The summed E-state index contributed by atoms with van der Waals surface area (Å²) in [7, 11) is 2.95. The van der Waals surface area contributed by atoms with Gasteiger partial charge in [0.1, 0.15) is 17.3 Å². The number of carbonyl (C=O) groups is 2. The molecule has 1 N–H and O–H groups in total. The highest BCUT2D eigenvalue weighted by Crippen LogP contribution is 2.42. The molecule has 2 heterocycles. The smallest absolute Gasteiger partial charge is 0.296 e. The predicted molar refractivity (Wildman–Crippen MR) is 123 cm³/mol. The van der Waals surface area contributed by atoms with Gasteiger partial charge in [-0.2, -0.15) is 0 Å². The standard InChI is InChI=1S/C24H19Cl2NO6/c1-31-15-7-5-13(6-8-15)20-19(21(28)14-10-17(25)23(32-2)18(26)11-14)22(29)24(30)27(20)12-16-4-3-9-33-16/h3-11,20,28H,12H2,1-2H3/b21-19+. The average molecular weight is 488 g/mol. The quantitative estimate of drug-likeness (QED) is 0.291. The van der Waals surface area contributed by atoms with E-state index in [0.717, 1.165) is 0 Å². The van der Waals surface area contributed by atoms with E-state index in [4.69, 9.17) is 37.1 Å². The maximum Gasteiger partial charge on any atom is 0.296 e. The van der Waals surface area contributed by atoms with Crippen LogP contribution in [-0.2, 0) is 16.1 Å². The van der Waals surface area contributed by atoms with Gasteiger partial charge >= 0.3 is 0 Å². The SMILES string of the molecule is COc1ccc(C2/C(=C(\O)c3cc(Cl)c(OC)c(Cl)c3)C(=O)C(=O)N2Cc2ccco2)cc1. The largest absolute Gasteiger partial charge is 0.507 e. The van der Waals surface area contributed by atoms with Crippen LogP contribution in [-0.4, -0.2) is 35.9 Å². The summed E-state index contributed by atoms with van der Waals surface area (Å²) in [5.74, 6) is -0.661. The highest BCUT2D eigenvalue weighted by atomic mass is 35.5. The van der Waals surface area contributed by atoms with Gasteiger partial charge in [-0.3, -0.25) is 9.59 Å². The number of Topliss-reactive ketones (excluding diaryl/α,β-unsaturated/α-hetero) is 1. The molecule has 0 saturated carbocycles. The number of aliphatic hydroxyl groups excluding tert-OH is 1. The summed E-state index contributed by atoms with van der Waals surface area (Å²) >= 11 is 12.5. The van der Waals surface area contributed by atoms with Crippen LogP contribution in [0.15, 0.2) is 64.8 Å². The number of nitrogens with zero attached hydrogens (tertiary/aromatic N) is 1. The van der Waals surface area contributed by atoms with Crippen molar-refractivity contribution in [2.45, 2.75) is 12.6 Å². The number of rotatable bonds is 6. The molecule has 33 heavy (non-hydrogen) atoms. The minimum absolute atomic E-state index is 0.0369. The molecule has 2 aromatic carbocycles. The molecule has 0 spiro atoms. The predicted octanol–water partition coefficient (Wildman–Crippen LogP) is 5.23. The Kier molecular flexibility index (Phi) is 6.35. The Morgan fingerprint density at radius 3 is 2.27 bits per heavy atom. The zero-order valence-electron chi connectivity index (χ0n) is 17.7. The first kappa shape index (κ1) is 22.8. The molecular formula is C24H19Cl2NO6. The van der Waals surface area contributed by atoms with Crippen molar-refractivity contribution in [2.24, 2.45) is 0 Å². The highest BCUT2D eigenvalue weighted by Gasteiger charge is 2.46. The summed E-state index contributed by atoms with van der Waals surface area (Å²) in [5.41, 5.74) is 0.697. The Hall–Kier alpha value is -3.42. The van der Waals surface area contributed by atoms with Crippen LogP contribution >= 0.6 is 23.2 Å². The lowest BCUT2D eigenvalue weighted by Crippen LogP contribution is -2.29. The number of likely N-dealkylation sites (tertiary alicyclic amines) is 1. The lowest BCUT2D eigenvalue weighted by molar-refractivity contribution is -0.140. The summed E-state index contributed by atoms with van der Waals surface area (Å²) in [6.07, 6.45) is 1.48. The van der Waals surface area contributed by atoms with Crippen molar-refractivity contribution >= 4 is 40.7 Å². The fraction of sp³-hybridized carbons (Fsp3) is 0.167. The van der Waals surface area contributed by atoms with Gasteiger partial charge in [-0.1, -0.05) is 35.3 Å². The summed E-state index contributed by atoms with van der Waals surface area (Å²) in [5, 5.41) is 11.5. The van der Waals surface area contributed by atoms with Gasteiger partial charge < -0.3 is 23.9 Å².